The van der Waals surface area contributed by atoms with Crippen LogP contribution in [0.1, 0.15) is 25.7 Å². The summed E-state index contributed by atoms with van der Waals surface area (Å²) in [5.74, 6) is -0.882. The Kier molecular flexibility index (Phi) is 5.96. The Morgan fingerprint density at radius 3 is 2.75 bits per heavy atom. The second-order valence-corrected chi connectivity index (χ2v) is 6.35. The van der Waals surface area contributed by atoms with Gasteiger partial charge in [-0.05, 0) is 31.4 Å². The number of nitrogens with one attached hydrogen (secondary N) is 1. The van der Waals surface area contributed by atoms with Gasteiger partial charge in [0, 0.05) is 31.9 Å². The zero-order chi connectivity index (χ0) is 17.7. The van der Waals surface area contributed by atoms with Crippen molar-refractivity contribution in [2.24, 2.45) is 5.92 Å². The Morgan fingerprint density at radius 1 is 1.33 bits per heavy atom. The Balaban J connectivity index is 1.93. The molecule has 7 heteroatoms. The van der Waals surface area contributed by atoms with Crippen molar-refractivity contribution in [3.05, 3.63) is 24.3 Å². The highest BCUT2D eigenvalue weighted by atomic mass is 19.4. The standard InChI is InChI=1S/C17H23F3N2O2/c1-22(2)16(23)11-24-15-8-4-7-14(10-15)21-13-6-3-5-12(9-13)17(18,19)20/h4,7-8,10,12-13,21H,3,5-6,9,11H2,1-2H3/t12-,13-/m0/s1. The minimum absolute atomic E-state index is 0.0734. The number of likely N-dealkylation sites (N-methyl/N-ethyl adjacent to an activating group) is 1. The van der Waals surface area contributed by atoms with E-state index in [0.29, 0.717) is 17.9 Å². The summed E-state index contributed by atoms with van der Waals surface area (Å²) in [7, 11) is 3.29. The lowest BCUT2D eigenvalue weighted by Gasteiger charge is -2.31. The molecule has 0 aliphatic heterocycles. The molecule has 0 heterocycles. The number of amides is 1. The van der Waals surface area contributed by atoms with Gasteiger partial charge in [0.15, 0.2) is 6.61 Å². The van der Waals surface area contributed by atoms with E-state index in [9.17, 15) is 18.0 Å². The first-order valence-corrected chi connectivity index (χ1v) is 8.02. The highest BCUT2D eigenvalue weighted by Crippen LogP contribution is 2.38. The van der Waals surface area contributed by atoms with Crippen LogP contribution in [0, 0.1) is 5.92 Å². The fraction of sp³-hybridized carbons (Fsp3) is 0.588. The normalized spacial score (nSPS) is 21.2. The summed E-state index contributed by atoms with van der Waals surface area (Å²) in [6.45, 7) is -0.0734. The quantitative estimate of drug-likeness (QED) is 0.886. The molecule has 1 N–H and O–H groups in total. The van der Waals surface area contributed by atoms with Crippen LogP contribution in [0.4, 0.5) is 18.9 Å². The van der Waals surface area contributed by atoms with Crippen molar-refractivity contribution in [3.8, 4) is 5.75 Å². The average molecular weight is 344 g/mol. The first-order valence-electron chi connectivity index (χ1n) is 8.02. The van der Waals surface area contributed by atoms with Crippen molar-refractivity contribution in [3.63, 3.8) is 0 Å². The maximum absolute atomic E-state index is 12.9. The minimum atomic E-state index is -4.13. The van der Waals surface area contributed by atoms with Crippen LogP contribution in [-0.2, 0) is 4.79 Å². The number of alkyl halides is 3. The first-order chi connectivity index (χ1) is 11.3. The van der Waals surface area contributed by atoms with Gasteiger partial charge >= 0.3 is 6.18 Å². The molecule has 0 unspecified atom stereocenters. The van der Waals surface area contributed by atoms with Crippen molar-refractivity contribution in [2.45, 2.75) is 37.9 Å². The third-order valence-corrected chi connectivity index (χ3v) is 4.20. The molecule has 24 heavy (non-hydrogen) atoms. The van der Waals surface area contributed by atoms with E-state index in [4.69, 9.17) is 4.74 Å². The maximum atomic E-state index is 12.9. The Labute approximate surface area is 140 Å². The van der Waals surface area contributed by atoms with Gasteiger partial charge in [-0.25, -0.2) is 0 Å². The molecule has 1 amide bonds. The van der Waals surface area contributed by atoms with E-state index in [-0.39, 0.29) is 31.4 Å². The molecule has 0 spiro atoms. The van der Waals surface area contributed by atoms with Crippen molar-refractivity contribution in [1.82, 2.24) is 4.90 Å². The smallest absolute Gasteiger partial charge is 0.391 e. The van der Waals surface area contributed by atoms with Crippen molar-refractivity contribution in [1.29, 1.82) is 0 Å². The van der Waals surface area contributed by atoms with Crippen molar-refractivity contribution >= 4 is 11.6 Å². The number of carbonyl (C=O) groups excluding carboxylic acids is 1. The fourth-order valence-electron chi connectivity index (χ4n) is 2.80. The van der Waals surface area contributed by atoms with E-state index in [1.165, 1.54) is 4.90 Å². The van der Waals surface area contributed by atoms with Gasteiger partial charge in [0.05, 0.1) is 5.92 Å². The Bertz CT molecular complexity index is 561. The summed E-state index contributed by atoms with van der Waals surface area (Å²) in [5, 5.41) is 3.16. The van der Waals surface area contributed by atoms with E-state index in [0.717, 1.165) is 6.42 Å². The number of hydrogen-bond donors (Lipinski definition) is 1. The molecule has 1 aromatic carbocycles. The van der Waals surface area contributed by atoms with Crippen LogP contribution < -0.4 is 10.1 Å². The van der Waals surface area contributed by atoms with Gasteiger partial charge in [-0.15, -0.1) is 0 Å². The zero-order valence-corrected chi connectivity index (χ0v) is 13.9. The number of ether oxygens (including phenoxy) is 1. The zero-order valence-electron chi connectivity index (χ0n) is 13.9. The molecule has 0 radical (unpaired) electrons. The maximum Gasteiger partial charge on any atom is 0.391 e. The number of rotatable bonds is 5. The minimum Gasteiger partial charge on any atom is -0.484 e. The predicted molar refractivity (Wildman–Crippen MR) is 86.1 cm³/mol. The fourth-order valence-corrected chi connectivity index (χ4v) is 2.80. The first kappa shape index (κ1) is 18.4. The predicted octanol–water partition coefficient (Wildman–Crippen LogP) is 3.69. The summed E-state index contributed by atoms with van der Waals surface area (Å²) < 4.78 is 44.0. The Hall–Kier alpha value is -1.92. The number of halogens is 3. The van der Waals surface area contributed by atoms with Crippen LogP contribution in [0.5, 0.6) is 5.75 Å². The lowest BCUT2D eigenvalue weighted by atomic mass is 9.85. The van der Waals surface area contributed by atoms with Crippen molar-refractivity contribution < 1.29 is 22.7 Å². The lowest BCUT2D eigenvalue weighted by molar-refractivity contribution is -0.182. The van der Waals surface area contributed by atoms with Gasteiger partial charge in [0.1, 0.15) is 5.75 Å². The largest absolute Gasteiger partial charge is 0.484 e. The van der Waals surface area contributed by atoms with E-state index in [1.54, 1.807) is 38.4 Å². The van der Waals surface area contributed by atoms with Crippen molar-refractivity contribution in [2.75, 3.05) is 26.0 Å². The average Bonchev–Trinajstić information content (AvgIpc) is 2.52. The summed E-state index contributed by atoms with van der Waals surface area (Å²) >= 11 is 0. The van der Waals surface area contributed by atoms with Crippen LogP contribution in [0.15, 0.2) is 24.3 Å². The summed E-state index contributed by atoms with van der Waals surface area (Å²) in [6.07, 6.45) is -2.55. The third-order valence-electron chi connectivity index (χ3n) is 4.20. The molecule has 0 saturated heterocycles. The lowest BCUT2D eigenvalue weighted by Crippen LogP contribution is -2.34. The molecule has 1 aliphatic rings. The SMILES string of the molecule is CN(C)C(=O)COc1cccc(N[C@H]2CCC[C@H](C(F)(F)F)C2)c1. The number of anilines is 1. The molecule has 2 rings (SSSR count). The number of nitrogens with zero attached hydrogens (tertiary/aromatic N) is 1. The number of benzene rings is 1. The van der Waals surface area contributed by atoms with Crippen LogP contribution in [0.3, 0.4) is 0 Å². The van der Waals surface area contributed by atoms with Gasteiger partial charge in [-0.3, -0.25) is 4.79 Å². The van der Waals surface area contributed by atoms with Gasteiger partial charge in [0.25, 0.3) is 5.91 Å². The molecule has 1 aliphatic carbocycles. The van der Waals surface area contributed by atoms with Gasteiger partial charge < -0.3 is 15.0 Å². The summed E-state index contributed by atoms with van der Waals surface area (Å²) in [4.78, 5) is 13.0. The second-order valence-electron chi connectivity index (χ2n) is 6.35. The topological polar surface area (TPSA) is 41.6 Å². The van der Waals surface area contributed by atoms with Crippen LogP contribution >= 0.6 is 0 Å². The van der Waals surface area contributed by atoms with E-state index >= 15 is 0 Å². The monoisotopic (exact) mass is 344 g/mol. The molecule has 134 valence electrons. The highest BCUT2D eigenvalue weighted by Gasteiger charge is 2.42. The molecule has 1 aromatic rings. The molecular formula is C17H23F3N2O2. The third kappa shape index (κ3) is 5.32. The van der Waals surface area contributed by atoms with Gasteiger partial charge in [0.2, 0.25) is 0 Å². The van der Waals surface area contributed by atoms with E-state index in [2.05, 4.69) is 5.32 Å². The van der Waals surface area contributed by atoms with Gasteiger partial charge in [-0.1, -0.05) is 12.5 Å². The summed E-state index contributed by atoms with van der Waals surface area (Å²) in [6, 6.07) is 6.76. The van der Waals surface area contributed by atoms with Crippen LogP contribution in [0.25, 0.3) is 0 Å². The van der Waals surface area contributed by atoms with Crippen LogP contribution in [0.2, 0.25) is 0 Å². The van der Waals surface area contributed by atoms with E-state index < -0.39 is 12.1 Å². The van der Waals surface area contributed by atoms with E-state index in [1.807, 2.05) is 0 Å². The molecule has 1 saturated carbocycles. The van der Waals surface area contributed by atoms with Crippen LogP contribution in [-0.4, -0.2) is 43.7 Å². The molecule has 0 aromatic heterocycles. The molecule has 1 fully saturated rings. The molecule has 0 bridgehead atoms. The molecule has 2 atom stereocenters. The second kappa shape index (κ2) is 7.77. The Morgan fingerprint density at radius 2 is 2.08 bits per heavy atom. The molecular weight excluding hydrogens is 321 g/mol. The summed E-state index contributed by atoms with van der Waals surface area (Å²) in [5.41, 5.74) is 0.706. The number of carbonyl (C=O) groups is 1. The van der Waals surface area contributed by atoms with Gasteiger partial charge in [-0.2, -0.15) is 13.2 Å². The number of hydrogen-bond acceptors (Lipinski definition) is 3. The highest BCUT2D eigenvalue weighted by molar-refractivity contribution is 5.77. The molecule has 4 nitrogen and oxygen atoms in total.